The zero-order valence-electron chi connectivity index (χ0n) is 11.4. The largest absolute Gasteiger partial charge is 0.493 e. The van der Waals surface area contributed by atoms with Crippen LogP contribution in [0.25, 0.3) is 11.1 Å². The Morgan fingerprint density at radius 2 is 2.15 bits per heavy atom. The van der Waals surface area contributed by atoms with E-state index in [4.69, 9.17) is 26.8 Å². The zero-order chi connectivity index (χ0) is 14.3. The summed E-state index contributed by atoms with van der Waals surface area (Å²) in [5, 5.41) is 4.66. The number of nitrogen functional groups attached to an aromatic ring is 1. The molecule has 0 bridgehead atoms. The van der Waals surface area contributed by atoms with E-state index < -0.39 is 0 Å². The maximum absolute atomic E-state index is 6.32. The Kier molecular flexibility index (Phi) is 3.22. The lowest BCUT2D eigenvalue weighted by atomic mass is 10.1. The van der Waals surface area contributed by atoms with Crippen LogP contribution in [-0.2, 0) is 7.05 Å². The van der Waals surface area contributed by atoms with Gasteiger partial charge < -0.3 is 15.2 Å². The van der Waals surface area contributed by atoms with Gasteiger partial charge in [-0.1, -0.05) is 11.6 Å². The first-order chi connectivity index (χ1) is 9.60. The number of nitrogens with two attached hydrogens (primary N) is 1. The molecule has 0 spiro atoms. The molecule has 1 aromatic heterocycles. The first kappa shape index (κ1) is 13.1. The fourth-order valence-electron chi connectivity index (χ4n) is 2.01. The normalized spacial score (nSPS) is 14.3. The molecule has 0 radical (unpaired) electrons. The van der Waals surface area contributed by atoms with Gasteiger partial charge in [0.25, 0.3) is 0 Å². The van der Waals surface area contributed by atoms with Crippen LogP contribution in [0, 0.1) is 0 Å². The summed E-state index contributed by atoms with van der Waals surface area (Å²) in [5.41, 5.74) is 7.68. The molecule has 106 valence electrons. The zero-order valence-corrected chi connectivity index (χ0v) is 12.1. The Labute approximate surface area is 122 Å². The smallest absolute Gasteiger partial charge is 0.180 e. The van der Waals surface area contributed by atoms with Gasteiger partial charge in [-0.3, -0.25) is 4.68 Å². The van der Waals surface area contributed by atoms with Crippen LogP contribution < -0.4 is 15.2 Å². The van der Waals surface area contributed by atoms with E-state index in [1.165, 1.54) is 0 Å². The molecular formula is C14H16ClN3O2. The third-order valence-corrected chi connectivity index (χ3v) is 3.61. The Morgan fingerprint density at radius 1 is 1.40 bits per heavy atom. The Bertz CT molecular complexity index is 650. The van der Waals surface area contributed by atoms with E-state index in [-0.39, 0.29) is 6.10 Å². The summed E-state index contributed by atoms with van der Waals surface area (Å²) in [6.07, 6.45) is 4.10. The van der Waals surface area contributed by atoms with Crippen molar-refractivity contribution in [3.05, 3.63) is 23.4 Å². The average molecular weight is 294 g/mol. The molecule has 20 heavy (non-hydrogen) atoms. The third kappa shape index (κ3) is 2.29. The molecule has 1 aliphatic carbocycles. The number of hydrogen-bond donors (Lipinski definition) is 1. The lowest BCUT2D eigenvalue weighted by Crippen LogP contribution is -2.00. The van der Waals surface area contributed by atoms with Crippen LogP contribution in [0.3, 0.4) is 0 Å². The number of rotatable bonds is 4. The van der Waals surface area contributed by atoms with E-state index in [2.05, 4.69) is 5.10 Å². The molecule has 0 saturated heterocycles. The minimum atomic E-state index is 0.260. The number of ether oxygens (including phenoxy) is 2. The molecule has 3 rings (SSSR count). The molecule has 0 atom stereocenters. The first-order valence-corrected chi connectivity index (χ1v) is 6.80. The van der Waals surface area contributed by atoms with E-state index in [0.29, 0.717) is 22.3 Å². The van der Waals surface area contributed by atoms with Gasteiger partial charge in [-0.15, -0.1) is 0 Å². The van der Waals surface area contributed by atoms with Crippen molar-refractivity contribution < 1.29 is 9.47 Å². The van der Waals surface area contributed by atoms with Crippen LogP contribution in [0.4, 0.5) is 5.82 Å². The summed E-state index contributed by atoms with van der Waals surface area (Å²) >= 11 is 6.32. The van der Waals surface area contributed by atoms with Crippen molar-refractivity contribution in [2.75, 3.05) is 12.8 Å². The number of nitrogens with zero attached hydrogens (tertiary/aromatic N) is 2. The third-order valence-electron chi connectivity index (χ3n) is 3.33. The topological polar surface area (TPSA) is 62.3 Å². The predicted molar refractivity (Wildman–Crippen MR) is 78.3 cm³/mol. The molecule has 1 aromatic carbocycles. The molecular weight excluding hydrogens is 278 g/mol. The number of hydrogen-bond acceptors (Lipinski definition) is 4. The van der Waals surface area contributed by atoms with Gasteiger partial charge >= 0.3 is 0 Å². The Balaban J connectivity index is 2.04. The Hall–Kier alpha value is -1.88. The highest BCUT2D eigenvalue weighted by atomic mass is 35.5. The van der Waals surface area contributed by atoms with E-state index in [9.17, 15) is 0 Å². The van der Waals surface area contributed by atoms with E-state index in [1.807, 2.05) is 12.1 Å². The summed E-state index contributed by atoms with van der Waals surface area (Å²) in [5.74, 6) is 1.80. The molecule has 0 amide bonds. The van der Waals surface area contributed by atoms with E-state index in [1.54, 1.807) is 25.0 Å². The quantitative estimate of drug-likeness (QED) is 0.941. The second-order valence-corrected chi connectivity index (χ2v) is 5.28. The fourth-order valence-corrected chi connectivity index (χ4v) is 2.27. The molecule has 1 heterocycles. The van der Waals surface area contributed by atoms with Crippen molar-refractivity contribution in [1.29, 1.82) is 0 Å². The molecule has 5 nitrogen and oxygen atoms in total. The monoisotopic (exact) mass is 293 g/mol. The van der Waals surface area contributed by atoms with Gasteiger partial charge in [-0.2, -0.15) is 5.10 Å². The molecule has 1 aliphatic rings. The Morgan fingerprint density at radius 3 is 2.70 bits per heavy atom. The van der Waals surface area contributed by atoms with Gasteiger partial charge in [0, 0.05) is 12.6 Å². The van der Waals surface area contributed by atoms with Gasteiger partial charge in [0.1, 0.15) is 5.82 Å². The average Bonchev–Trinajstić information content (AvgIpc) is 3.19. The van der Waals surface area contributed by atoms with Crippen molar-refractivity contribution in [1.82, 2.24) is 9.78 Å². The standard InChI is InChI=1S/C14H16ClN3O2/c1-18-14(16)10(7-17-18)8-5-11(15)13(12(6-8)19-2)20-9-3-4-9/h5-7,9H,3-4,16H2,1-2H3. The number of aromatic nitrogens is 2. The van der Waals surface area contributed by atoms with Crippen molar-refractivity contribution in [2.24, 2.45) is 7.05 Å². The SMILES string of the molecule is COc1cc(-c2cnn(C)c2N)cc(Cl)c1OC1CC1. The molecule has 6 heteroatoms. The summed E-state index contributed by atoms with van der Waals surface area (Å²) in [7, 11) is 3.39. The van der Waals surface area contributed by atoms with Gasteiger partial charge in [-0.25, -0.2) is 0 Å². The number of aryl methyl sites for hydroxylation is 1. The highest BCUT2D eigenvalue weighted by molar-refractivity contribution is 6.32. The maximum Gasteiger partial charge on any atom is 0.180 e. The van der Waals surface area contributed by atoms with Gasteiger partial charge in [-0.05, 0) is 30.5 Å². The highest BCUT2D eigenvalue weighted by Crippen LogP contribution is 2.43. The van der Waals surface area contributed by atoms with Gasteiger partial charge in [0.2, 0.25) is 0 Å². The van der Waals surface area contributed by atoms with Crippen LogP contribution in [-0.4, -0.2) is 23.0 Å². The molecule has 2 aromatic rings. The maximum atomic E-state index is 6.32. The van der Waals surface area contributed by atoms with Crippen molar-refractivity contribution in [3.63, 3.8) is 0 Å². The number of halogens is 1. The van der Waals surface area contributed by atoms with Crippen molar-refractivity contribution >= 4 is 17.4 Å². The van der Waals surface area contributed by atoms with Gasteiger partial charge in [0.15, 0.2) is 11.5 Å². The summed E-state index contributed by atoms with van der Waals surface area (Å²) in [4.78, 5) is 0. The number of methoxy groups -OCH3 is 1. The second kappa shape index (κ2) is 4.90. The minimum absolute atomic E-state index is 0.260. The predicted octanol–water partition coefficient (Wildman–Crippen LogP) is 2.87. The summed E-state index contributed by atoms with van der Waals surface area (Å²) in [6.45, 7) is 0. The van der Waals surface area contributed by atoms with Crippen LogP contribution in [0.1, 0.15) is 12.8 Å². The molecule has 1 saturated carbocycles. The van der Waals surface area contributed by atoms with Crippen molar-refractivity contribution in [2.45, 2.75) is 18.9 Å². The van der Waals surface area contributed by atoms with Crippen LogP contribution in [0.15, 0.2) is 18.3 Å². The van der Waals surface area contributed by atoms with E-state index >= 15 is 0 Å². The molecule has 2 N–H and O–H groups in total. The van der Waals surface area contributed by atoms with Crippen molar-refractivity contribution in [3.8, 4) is 22.6 Å². The summed E-state index contributed by atoms with van der Waals surface area (Å²) < 4.78 is 12.8. The van der Waals surface area contributed by atoms with Crippen LogP contribution in [0.2, 0.25) is 5.02 Å². The summed E-state index contributed by atoms with van der Waals surface area (Å²) in [6, 6.07) is 3.70. The lowest BCUT2D eigenvalue weighted by molar-refractivity contribution is 0.282. The van der Waals surface area contributed by atoms with Crippen LogP contribution >= 0.6 is 11.6 Å². The minimum Gasteiger partial charge on any atom is -0.493 e. The molecule has 1 fully saturated rings. The van der Waals surface area contributed by atoms with Crippen LogP contribution in [0.5, 0.6) is 11.5 Å². The van der Waals surface area contributed by atoms with Gasteiger partial charge in [0.05, 0.1) is 24.4 Å². The molecule has 0 aliphatic heterocycles. The fraction of sp³-hybridized carbons (Fsp3) is 0.357. The van der Waals surface area contributed by atoms with E-state index in [0.717, 1.165) is 24.0 Å². The first-order valence-electron chi connectivity index (χ1n) is 6.42. The number of benzene rings is 1. The molecule has 0 unspecified atom stereocenters. The lowest BCUT2D eigenvalue weighted by Gasteiger charge is -2.13. The number of anilines is 1. The second-order valence-electron chi connectivity index (χ2n) is 4.87. The highest BCUT2D eigenvalue weighted by Gasteiger charge is 2.26.